The van der Waals surface area contributed by atoms with Crippen molar-refractivity contribution in [3.05, 3.63) is 29.6 Å². The van der Waals surface area contributed by atoms with Crippen LogP contribution in [0.25, 0.3) is 15.5 Å². The highest BCUT2D eigenvalue weighted by Gasteiger charge is 2.17. The second-order valence-corrected chi connectivity index (χ2v) is 5.74. The normalized spacial score (nSPS) is 11.6. The fraction of sp³-hybridized carbons (Fsp3) is 0.308. The Morgan fingerprint density at radius 2 is 2.05 bits per heavy atom. The number of aromatic nitrogens is 4. The molecule has 6 heteroatoms. The molecule has 3 aromatic rings. The molecule has 0 fully saturated rings. The Bertz CT molecular complexity index is 744. The minimum Gasteiger partial charge on any atom is -0.507 e. The number of para-hydroxylation sites is 1. The van der Waals surface area contributed by atoms with E-state index in [0.717, 1.165) is 26.9 Å². The van der Waals surface area contributed by atoms with Gasteiger partial charge in [0.2, 0.25) is 4.96 Å². The largest absolute Gasteiger partial charge is 0.507 e. The van der Waals surface area contributed by atoms with Gasteiger partial charge in [-0.25, -0.2) is 0 Å². The lowest BCUT2D eigenvalue weighted by molar-refractivity contribution is 0.473. The van der Waals surface area contributed by atoms with Gasteiger partial charge in [0.25, 0.3) is 0 Å². The summed E-state index contributed by atoms with van der Waals surface area (Å²) in [5.74, 6) is 1.37. The topological polar surface area (TPSA) is 63.3 Å². The molecule has 0 atom stereocenters. The third-order valence-electron chi connectivity index (χ3n) is 3.00. The summed E-state index contributed by atoms with van der Waals surface area (Å²) in [4.78, 5) is 0.750. The summed E-state index contributed by atoms with van der Waals surface area (Å²) >= 11 is 1.43. The zero-order chi connectivity index (χ0) is 13.6. The number of hydrogen-bond acceptors (Lipinski definition) is 5. The van der Waals surface area contributed by atoms with Gasteiger partial charge in [-0.1, -0.05) is 37.3 Å². The highest BCUT2D eigenvalue weighted by Crippen LogP contribution is 2.34. The number of hydrogen-bond donors (Lipinski definition) is 1. The zero-order valence-corrected chi connectivity index (χ0v) is 11.8. The van der Waals surface area contributed by atoms with Crippen molar-refractivity contribution in [2.24, 2.45) is 0 Å². The van der Waals surface area contributed by atoms with Crippen LogP contribution in [0.1, 0.15) is 31.2 Å². The maximum atomic E-state index is 10.1. The van der Waals surface area contributed by atoms with Gasteiger partial charge in [0.15, 0.2) is 10.8 Å². The van der Waals surface area contributed by atoms with E-state index in [-0.39, 0.29) is 11.7 Å². The molecule has 1 aromatic carbocycles. The van der Waals surface area contributed by atoms with Crippen molar-refractivity contribution < 1.29 is 5.11 Å². The van der Waals surface area contributed by atoms with E-state index in [0.29, 0.717) is 0 Å². The van der Waals surface area contributed by atoms with Crippen LogP contribution in [-0.4, -0.2) is 24.9 Å². The Kier molecular flexibility index (Phi) is 2.74. The van der Waals surface area contributed by atoms with Gasteiger partial charge in [-0.2, -0.15) is 9.61 Å². The molecule has 0 aliphatic rings. The summed E-state index contributed by atoms with van der Waals surface area (Å²) in [6.45, 7) is 5.98. The predicted octanol–water partition coefficient (Wildman–Crippen LogP) is 2.99. The molecule has 0 aliphatic carbocycles. The van der Waals surface area contributed by atoms with E-state index in [9.17, 15) is 5.11 Å². The summed E-state index contributed by atoms with van der Waals surface area (Å²) in [6.07, 6.45) is 0. The number of rotatable bonds is 2. The molecule has 3 rings (SSSR count). The maximum absolute atomic E-state index is 10.1. The quantitative estimate of drug-likeness (QED) is 0.780. The molecular weight excluding hydrogens is 260 g/mol. The monoisotopic (exact) mass is 274 g/mol. The first kappa shape index (κ1) is 12.1. The van der Waals surface area contributed by atoms with Crippen LogP contribution in [0.2, 0.25) is 0 Å². The molecule has 0 saturated carbocycles. The van der Waals surface area contributed by atoms with E-state index in [2.05, 4.69) is 29.1 Å². The minimum atomic E-state index is 0.260. The van der Waals surface area contributed by atoms with Crippen molar-refractivity contribution in [2.45, 2.75) is 26.7 Å². The Hall–Kier alpha value is -1.95. The lowest BCUT2D eigenvalue weighted by atomic mass is 10.1. The van der Waals surface area contributed by atoms with Crippen LogP contribution in [0.5, 0.6) is 5.75 Å². The molecular formula is C13H14N4OS. The number of aromatic hydroxyl groups is 1. The molecule has 0 bridgehead atoms. The van der Waals surface area contributed by atoms with Crippen LogP contribution in [0.3, 0.4) is 0 Å². The van der Waals surface area contributed by atoms with Gasteiger partial charge in [0.1, 0.15) is 5.75 Å². The molecule has 98 valence electrons. The van der Waals surface area contributed by atoms with E-state index in [1.54, 1.807) is 4.52 Å². The molecule has 5 nitrogen and oxygen atoms in total. The van der Waals surface area contributed by atoms with E-state index in [1.165, 1.54) is 11.3 Å². The number of benzene rings is 1. The van der Waals surface area contributed by atoms with Gasteiger partial charge < -0.3 is 5.11 Å². The summed E-state index contributed by atoms with van der Waals surface area (Å²) in [5.41, 5.74) is 1.58. The van der Waals surface area contributed by atoms with E-state index in [1.807, 2.05) is 25.1 Å². The number of phenolic OH excluding ortho intramolecular Hbond substituents is 1. The molecule has 0 aliphatic heterocycles. The van der Waals surface area contributed by atoms with Crippen molar-refractivity contribution in [3.8, 4) is 16.3 Å². The molecule has 0 radical (unpaired) electrons. The lowest BCUT2D eigenvalue weighted by Crippen LogP contribution is -1.97. The van der Waals surface area contributed by atoms with Crippen LogP contribution < -0.4 is 0 Å². The summed E-state index contributed by atoms with van der Waals surface area (Å²) in [6, 6.07) is 5.65. The second-order valence-electron chi connectivity index (χ2n) is 4.79. The average molecular weight is 274 g/mol. The van der Waals surface area contributed by atoms with Crippen LogP contribution >= 0.6 is 11.3 Å². The first-order valence-corrected chi connectivity index (χ1v) is 6.90. The van der Waals surface area contributed by atoms with Crippen molar-refractivity contribution in [1.82, 2.24) is 19.8 Å². The molecule has 0 unspecified atom stereocenters. The Morgan fingerprint density at radius 1 is 1.26 bits per heavy atom. The van der Waals surface area contributed by atoms with Gasteiger partial charge in [0.05, 0.1) is 5.56 Å². The van der Waals surface area contributed by atoms with E-state index >= 15 is 0 Å². The third kappa shape index (κ3) is 1.88. The predicted molar refractivity (Wildman–Crippen MR) is 74.6 cm³/mol. The van der Waals surface area contributed by atoms with E-state index in [4.69, 9.17) is 0 Å². The number of fused-ring (bicyclic) bond motifs is 1. The van der Waals surface area contributed by atoms with Gasteiger partial charge in [-0.05, 0) is 18.6 Å². The standard InChI is InChI=1S/C13H14N4OS/c1-7(2)11-14-15-13-17(11)16-12(19-13)9-6-4-5-8(3)10(9)18/h4-7,18H,1-3H3. The van der Waals surface area contributed by atoms with E-state index < -0.39 is 0 Å². The first-order valence-electron chi connectivity index (χ1n) is 6.09. The fourth-order valence-corrected chi connectivity index (χ4v) is 2.81. The third-order valence-corrected chi connectivity index (χ3v) is 3.93. The zero-order valence-electron chi connectivity index (χ0n) is 11.0. The fourth-order valence-electron chi connectivity index (χ4n) is 1.93. The van der Waals surface area contributed by atoms with Gasteiger partial charge in [-0.15, -0.1) is 10.2 Å². The van der Waals surface area contributed by atoms with Crippen LogP contribution in [0.15, 0.2) is 18.2 Å². The smallest absolute Gasteiger partial charge is 0.234 e. The highest BCUT2D eigenvalue weighted by atomic mass is 32.1. The van der Waals surface area contributed by atoms with Crippen LogP contribution in [-0.2, 0) is 0 Å². The van der Waals surface area contributed by atoms with Crippen LogP contribution in [0.4, 0.5) is 0 Å². The van der Waals surface area contributed by atoms with Crippen LogP contribution in [0, 0.1) is 6.92 Å². The second kappa shape index (κ2) is 4.31. The summed E-state index contributed by atoms with van der Waals surface area (Å²) in [5, 5.41) is 23.6. The lowest BCUT2D eigenvalue weighted by Gasteiger charge is -2.03. The van der Waals surface area contributed by atoms with Crippen molar-refractivity contribution in [1.29, 1.82) is 0 Å². The Balaban J connectivity index is 2.18. The maximum Gasteiger partial charge on any atom is 0.234 e. The number of aryl methyl sites for hydroxylation is 1. The first-order chi connectivity index (χ1) is 9.08. The molecule has 1 N–H and O–H groups in total. The Morgan fingerprint density at radius 3 is 2.79 bits per heavy atom. The molecule has 2 heterocycles. The van der Waals surface area contributed by atoms with Crippen molar-refractivity contribution >= 4 is 16.3 Å². The molecule has 0 amide bonds. The summed E-state index contributed by atoms with van der Waals surface area (Å²) < 4.78 is 1.76. The molecule has 0 spiro atoms. The molecule has 19 heavy (non-hydrogen) atoms. The molecule has 2 aromatic heterocycles. The van der Waals surface area contributed by atoms with Gasteiger partial charge >= 0.3 is 0 Å². The van der Waals surface area contributed by atoms with Crippen molar-refractivity contribution in [3.63, 3.8) is 0 Å². The Labute approximate surface area is 114 Å². The number of phenols is 1. The van der Waals surface area contributed by atoms with Crippen molar-refractivity contribution in [2.75, 3.05) is 0 Å². The molecule has 0 saturated heterocycles. The highest BCUT2D eigenvalue weighted by molar-refractivity contribution is 7.19. The van der Waals surface area contributed by atoms with Gasteiger partial charge in [-0.3, -0.25) is 0 Å². The summed E-state index contributed by atoms with van der Waals surface area (Å²) in [7, 11) is 0. The average Bonchev–Trinajstić information content (AvgIpc) is 2.91. The van der Waals surface area contributed by atoms with Gasteiger partial charge in [0, 0.05) is 5.92 Å². The minimum absolute atomic E-state index is 0.260. The number of nitrogens with zero attached hydrogens (tertiary/aromatic N) is 4. The SMILES string of the molecule is Cc1cccc(-c2nn3c(C(C)C)nnc3s2)c1O.